The van der Waals surface area contributed by atoms with Gasteiger partial charge >= 0.3 is 5.97 Å². The number of piperidine rings is 1. The molecule has 47 heavy (non-hydrogen) atoms. The molecule has 0 spiro atoms. The molecule has 0 radical (unpaired) electrons. The average Bonchev–Trinajstić information content (AvgIpc) is 3.15. The van der Waals surface area contributed by atoms with E-state index >= 15 is 0 Å². The van der Waals surface area contributed by atoms with Crippen molar-refractivity contribution in [1.82, 2.24) is 4.90 Å². The van der Waals surface area contributed by atoms with Crippen LogP contribution in [0.1, 0.15) is 125 Å². The summed E-state index contributed by atoms with van der Waals surface area (Å²) in [5.41, 5.74) is -2.93. The van der Waals surface area contributed by atoms with Crippen LogP contribution in [0, 0.1) is 11.3 Å². The normalized spacial score (nSPS) is 33.7. The van der Waals surface area contributed by atoms with Gasteiger partial charge in [-0.1, -0.05) is 69.4 Å². The van der Waals surface area contributed by atoms with Crippen molar-refractivity contribution in [3.63, 3.8) is 0 Å². The summed E-state index contributed by atoms with van der Waals surface area (Å²) in [6.07, 6.45) is 22.1. The van der Waals surface area contributed by atoms with E-state index in [4.69, 9.17) is 9.47 Å². The number of Topliss-reactive ketones (excluding diaryl/α,β-unsaturated/α-hetero) is 3. The molecular formula is C39H57NO7. The minimum absolute atomic E-state index is 0.0538. The summed E-state index contributed by atoms with van der Waals surface area (Å²) in [7, 11) is 0. The van der Waals surface area contributed by atoms with Crippen molar-refractivity contribution in [2.45, 2.75) is 148 Å². The highest BCUT2D eigenvalue weighted by Gasteiger charge is 2.60. The average molecular weight is 652 g/mol. The van der Waals surface area contributed by atoms with Crippen LogP contribution in [0.15, 0.2) is 48.6 Å². The summed E-state index contributed by atoms with van der Waals surface area (Å²) < 4.78 is 12.1. The van der Waals surface area contributed by atoms with Crippen LogP contribution in [0.5, 0.6) is 0 Å². The summed E-state index contributed by atoms with van der Waals surface area (Å²) in [6, 6.07) is -0.918. The zero-order valence-electron chi connectivity index (χ0n) is 29.6. The Balaban J connectivity index is 1.87. The van der Waals surface area contributed by atoms with Crippen LogP contribution < -0.4 is 0 Å². The van der Waals surface area contributed by atoms with E-state index < -0.39 is 29.1 Å². The number of fused-ring (bicyclic) bond motifs is 3. The molecule has 0 aromatic heterocycles. The van der Waals surface area contributed by atoms with Crippen molar-refractivity contribution in [3.05, 3.63) is 48.6 Å². The first-order valence-electron chi connectivity index (χ1n) is 17.6. The van der Waals surface area contributed by atoms with Crippen LogP contribution in [0.3, 0.4) is 0 Å². The number of allylic oxidation sites excluding steroid dienone is 8. The van der Waals surface area contributed by atoms with Gasteiger partial charge in [0.15, 0.2) is 5.78 Å². The van der Waals surface area contributed by atoms with Crippen LogP contribution >= 0.6 is 0 Å². The molecule has 3 aliphatic rings. The van der Waals surface area contributed by atoms with Gasteiger partial charge < -0.3 is 14.4 Å². The van der Waals surface area contributed by atoms with Gasteiger partial charge in [0.2, 0.25) is 5.60 Å². The van der Waals surface area contributed by atoms with E-state index in [-0.39, 0.29) is 60.7 Å². The number of rotatable bonds is 0. The van der Waals surface area contributed by atoms with Gasteiger partial charge in [0.05, 0.1) is 12.7 Å². The second-order valence-corrected chi connectivity index (χ2v) is 14.6. The summed E-state index contributed by atoms with van der Waals surface area (Å²) in [6.45, 7) is 11.6. The van der Waals surface area contributed by atoms with Gasteiger partial charge in [-0.3, -0.25) is 19.2 Å². The van der Waals surface area contributed by atoms with Crippen molar-refractivity contribution in [1.29, 1.82) is 0 Å². The van der Waals surface area contributed by atoms with E-state index in [9.17, 15) is 24.0 Å². The predicted molar refractivity (Wildman–Crippen MR) is 183 cm³/mol. The lowest BCUT2D eigenvalue weighted by Crippen LogP contribution is -2.71. The topological polar surface area (TPSA) is 107 Å². The molecule has 2 bridgehead atoms. The monoisotopic (exact) mass is 651 g/mol. The number of ketones is 3. The molecule has 1 amide bonds. The van der Waals surface area contributed by atoms with Gasteiger partial charge in [-0.05, 0) is 83.5 Å². The standard InChI is InChI=1S/C39H57NO7/c1-29-28-33-35(44)46-27-26-31(42)22-17-14-16-21-30(41)20-15-12-10-8-7-9-11-13-18-23-32-24-19-25-34(43)39(6,47-32)36(45)40(33)38(4,5)37(29,2)3/h7-11,13-14,17,29,32-33H,12,15-16,18-28H2,1-6H3/b9-7-,10-8+,13-11+,17-14-. The molecule has 3 heterocycles. The van der Waals surface area contributed by atoms with Crippen molar-refractivity contribution in [3.8, 4) is 0 Å². The number of carbonyl (C=O) groups is 5. The fourth-order valence-corrected chi connectivity index (χ4v) is 6.77. The Hall–Kier alpha value is -3.13. The predicted octanol–water partition coefficient (Wildman–Crippen LogP) is 7.36. The van der Waals surface area contributed by atoms with Gasteiger partial charge in [-0.15, -0.1) is 0 Å². The Bertz CT molecular complexity index is 1260. The quantitative estimate of drug-likeness (QED) is 0.153. The van der Waals surface area contributed by atoms with Gasteiger partial charge in [-0.2, -0.15) is 0 Å². The molecule has 8 nitrogen and oxygen atoms in total. The minimum atomic E-state index is -1.72. The maximum Gasteiger partial charge on any atom is 0.328 e. The number of hydrogen-bond donors (Lipinski definition) is 0. The number of esters is 1. The van der Waals surface area contributed by atoms with E-state index in [2.05, 4.69) is 32.9 Å². The van der Waals surface area contributed by atoms with Gasteiger partial charge in [-0.25, -0.2) is 4.79 Å². The highest BCUT2D eigenvalue weighted by atomic mass is 16.5. The molecule has 260 valence electrons. The summed E-state index contributed by atoms with van der Waals surface area (Å²) in [4.78, 5) is 68.2. The molecule has 2 fully saturated rings. The molecular weight excluding hydrogens is 594 g/mol. The van der Waals surface area contributed by atoms with Gasteiger partial charge in [0.1, 0.15) is 17.6 Å². The van der Waals surface area contributed by atoms with E-state index in [1.165, 1.54) is 0 Å². The van der Waals surface area contributed by atoms with E-state index in [0.29, 0.717) is 44.9 Å². The Kier molecular flexibility index (Phi) is 14.1. The van der Waals surface area contributed by atoms with E-state index in [0.717, 1.165) is 19.3 Å². The molecule has 0 saturated carbocycles. The molecule has 3 aliphatic heterocycles. The van der Waals surface area contributed by atoms with Crippen molar-refractivity contribution in [2.75, 3.05) is 6.61 Å². The Labute approximate surface area is 282 Å². The highest BCUT2D eigenvalue weighted by Crippen LogP contribution is 2.50. The molecule has 0 aliphatic carbocycles. The SMILES string of the molecule is CC1CC2C(=O)OCCC(=O)C/C=C\CCC(=O)CCC/C=C/C=C\C=C\CCC3CCCC(=O)C(C)(O3)C(=O)N2C(C)(C)C1(C)C. The second kappa shape index (κ2) is 17.3. The highest BCUT2D eigenvalue weighted by molar-refractivity contribution is 6.10. The van der Waals surface area contributed by atoms with Crippen molar-refractivity contribution >= 4 is 29.2 Å². The molecule has 0 aromatic carbocycles. The van der Waals surface area contributed by atoms with Crippen molar-refractivity contribution < 1.29 is 33.4 Å². The molecule has 0 N–H and O–H groups in total. The third kappa shape index (κ3) is 9.94. The number of ether oxygens (including phenoxy) is 2. The fraction of sp³-hybridized carbons (Fsp3) is 0.667. The fourth-order valence-electron chi connectivity index (χ4n) is 6.77. The smallest absolute Gasteiger partial charge is 0.328 e. The number of amides is 1. The van der Waals surface area contributed by atoms with Gasteiger partial charge in [0.25, 0.3) is 5.91 Å². The number of hydrogen-bond acceptors (Lipinski definition) is 7. The third-order valence-corrected chi connectivity index (χ3v) is 10.9. The number of nitrogens with zero attached hydrogens (tertiary/aromatic N) is 1. The van der Waals surface area contributed by atoms with Gasteiger partial charge in [0, 0.05) is 37.6 Å². The van der Waals surface area contributed by atoms with Crippen molar-refractivity contribution in [2.24, 2.45) is 11.3 Å². The summed E-state index contributed by atoms with van der Waals surface area (Å²) in [5.74, 6) is -1.14. The zero-order valence-corrected chi connectivity index (χ0v) is 29.6. The second-order valence-electron chi connectivity index (χ2n) is 14.6. The minimum Gasteiger partial charge on any atom is -0.464 e. The molecule has 2 saturated heterocycles. The van der Waals surface area contributed by atoms with E-state index in [1.54, 1.807) is 17.9 Å². The lowest BCUT2D eigenvalue weighted by Gasteiger charge is -2.59. The van der Waals surface area contributed by atoms with Crippen LogP contribution in [0.2, 0.25) is 0 Å². The molecule has 4 unspecified atom stereocenters. The first kappa shape index (κ1) is 38.3. The zero-order chi connectivity index (χ0) is 34.7. The lowest BCUT2D eigenvalue weighted by molar-refractivity contribution is -0.195. The van der Waals surface area contributed by atoms with Crippen LogP contribution in [0.25, 0.3) is 0 Å². The number of carbonyl (C=O) groups excluding carboxylic acids is 5. The van der Waals surface area contributed by atoms with Crippen LogP contribution in [-0.4, -0.2) is 64.0 Å². The van der Waals surface area contributed by atoms with Crippen LogP contribution in [-0.2, 0) is 33.4 Å². The summed E-state index contributed by atoms with van der Waals surface area (Å²) in [5, 5.41) is 0. The molecule has 8 heteroatoms. The largest absolute Gasteiger partial charge is 0.464 e. The number of cyclic esters (lactones) is 1. The maximum atomic E-state index is 14.7. The Morgan fingerprint density at radius 3 is 2.15 bits per heavy atom. The molecule has 4 atom stereocenters. The maximum absolute atomic E-state index is 14.7. The first-order chi connectivity index (χ1) is 22.2. The van der Waals surface area contributed by atoms with Crippen LogP contribution in [0.4, 0.5) is 0 Å². The molecule has 3 rings (SSSR count). The summed E-state index contributed by atoms with van der Waals surface area (Å²) >= 11 is 0. The Morgan fingerprint density at radius 1 is 0.723 bits per heavy atom. The lowest BCUT2D eigenvalue weighted by atomic mass is 9.60. The Morgan fingerprint density at radius 2 is 1.43 bits per heavy atom. The molecule has 0 aromatic rings. The van der Waals surface area contributed by atoms with E-state index in [1.807, 2.05) is 44.2 Å². The first-order valence-corrected chi connectivity index (χ1v) is 17.6. The third-order valence-electron chi connectivity index (χ3n) is 10.9.